The van der Waals surface area contributed by atoms with Crippen molar-refractivity contribution in [2.45, 2.75) is 25.7 Å². The van der Waals surface area contributed by atoms with Crippen LogP contribution in [0.4, 0.5) is 11.4 Å². The maximum Gasteiger partial charge on any atom is 0.227 e. The van der Waals surface area contributed by atoms with Crippen LogP contribution in [0.15, 0.2) is 24.3 Å². The second-order valence-corrected chi connectivity index (χ2v) is 4.96. The molecule has 4 heteroatoms. The number of benzene rings is 1. The van der Waals surface area contributed by atoms with Gasteiger partial charge in [-0.05, 0) is 43.5 Å². The second kappa shape index (κ2) is 4.44. The van der Waals surface area contributed by atoms with E-state index in [0.29, 0.717) is 6.42 Å². The van der Waals surface area contributed by atoms with Crippen LogP contribution >= 0.6 is 0 Å². The first-order chi connectivity index (χ1) is 8.74. The third-order valence-electron chi connectivity index (χ3n) is 3.47. The summed E-state index contributed by atoms with van der Waals surface area (Å²) >= 11 is 0. The minimum atomic E-state index is 0.111. The predicted molar refractivity (Wildman–Crippen MR) is 69.4 cm³/mol. The van der Waals surface area contributed by atoms with E-state index in [9.17, 15) is 9.59 Å². The summed E-state index contributed by atoms with van der Waals surface area (Å²) in [6.07, 6.45) is 3.58. The molecular formula is C14H16N2O2. The van der Waals surface area contributed by atoms with E-state index >= 15 is 0 Å². The molecule has 0 atom stereocenters. The molecule has 2 amide bonds. The number of nitrogens with one attached hydrogen (secondary N) is 1. The van der Waals surface area contributed by atoms with E-state index in [-0.39, 0.29) is 17.7 Å². The maximum atomic E-state index is 11.6. The SMILES string of the molecule is O=C(Nc1ccc(N2CCCC2=O)cc1)C1CC1. The third kappa shape index (κ3) is 2.23. The quantitative estimate of drug-likeness (QED) is 0.885. The van der Waals surface area contributed by atoms with Crippen LogP contribution in [0.2, 0.25) is 0 Å². The van der Waals surface area contributed by atoms with Crippen molar-refractivity contribution < 1.29 is 9.59 Å². The third-order valence-corrected chi connectivity index (χ3v) is 3.47. The molecule has 3 rings (SSSR count). The molecule has 1 aliphatic heterocycles. The average molecular weight is 244 g/mol. The lowest BCUT2D eigenvalue weighted by atomic mass is 10.2. The second-order valence-electron chi connectivity index (χ2n) is 4.96. The van der Waals surface area contributed by atoms with E-state index in [1.54, 1.807) is 4.90 Å². The highest BCUT2D eigenvalue weighted by Crippen LogP contribution is 2.30. The molecule has 1 aromatic carbocycles. The summed E-state index contributed by atoms with van der Waals surface area (Å²) in [4.78, 5) is 25.0. The maximum absolute atomic E-state index is 11.6. The van der Waals surface area contributed by atoms with Crippen molar-refractivity contribution in [2.24, 2.45) is 5.92 Å². The molecular weight excluding hydrogens is 228 g/mol. The number of carbonyl (C=O) groups is 2. The van der Waals surface area contributed by atoms with Crippen molar-refractivity contribution in [2.75, 3.05) is 16.8 Å². The predicted octanol–water partition coefficient (Wildman–Crippen LogP) is 2.16. The smallest absolute Gasteiger partial charge is 0.227 e. The zero-order chi connectivity index (χ0) is 12.5. The van der Waals surface area contributed by atoms with Crippen molar-refractivity contribution in [3.05, 3.63) is 24.3 Å². The Bertz CT molecular complexity index is 477. The van der Waals surface area contributed by atoms with Gasteiger partial charge in [0.15, 0.2) is 0 Å². The van der Waals surface area contributed by atoms with Crippen LogP contribution in [0, 0.1) is 5.92 Å². The molecule has 0 radical (unpaired) electrons. The lowest BCUT2D eigenvalue weighted by molar-refractivity contribution is -0.118. The van der Waals surface area contributed by atoms with E-state index < -0.39 is 0 Å². The number of nitrogens with zero attached hydrogens (tertiary/aromatic N) is 1. The molecule has 0 aromatic heterocycles. The average Bonchev–Trinajstić information content (AvgIpc) is 3.14. The van der Waals surface area contributed by atoms with Gasteiger partial charge in [-0.15, -0.1) is 0 Å². The normalized spacial score (nSPS) is 19.1. The fourth-order valence-corrected chi connectivity index (χ4v) is 2.24. The van der Waals surface area contributed by atoms with Gasteiger partial charge in [-0.1, -0.05) is 0 Å². The Morgan fingerprint density at radius 1 is 1.22 bits per heavy atom. The van der Waals surface area contributed by atoms with Gasteiger partial charge in [-0.25, -0.2) is 0 Å². The van der Waals surface area contributed by atoms with E-state index in [4.69, 9.17) is 0 Å². The number of carbonyl (C=O) groups excluding carboxylic acids is 2. The molecule has 2 fully saturated rings. The molecule has 0 spiro atoms. The van der Waals surface area contributed by atoms with Crippen LogP contribution in [0.25, 0.3) is 0 Å². The molecule has 18 heavy (non-hydrogen) atoms. The summed E-state index contributed by atoms with van der Waals surface area (Å²) in [6, 6.07) is 7.51. The fourth-order valence-electron chi connectivity index (χ4n) is 2.24. The van der Waals surface area contributed by atoms with Crippen LogP contribution in [-0.4, -0.2) is 18.4 Å². The first-order valence-corrected chi connectivity index (χ1v) is 6.45. The molecule has 4 nitrogen and oxygen atoms in total. The summed E-state index contributed by atoms with van der Waals surface area (Å²) in [5.41, 5.74) is 1.73. The summed E-state index contributed by atoms with van der Waals surface area (Å²) in [6.45, 7) is 0.798. The fraction of sp³-hybridized carbons (Fsp3) is 0.429. The van der Waals surface area contributed by atoms with Crippen molar-refractivity contribution in [3.63, 3.8) is 0 Å². The van der Waals surface area contributed by atoms with Gasteiger partial charge < -0.3 is 10.2 Å². The van der Waals surface area contributed by atoms with Gasteiger partial charge in [0, 0.05) is 30.3 Å². The highest BCUT2D eigenvalue weighted by molar-refractivity contribution is 5.96. The van der Waals surface area contributed by atoms with Crippen LogP contribution in [0.1, 0.15) is 25.7 Å². The van der Waals surface area contributed by atoms with Gasteiger partial charge in [0.2, 0.25) is 11.8 Å². The van der Waals surface area contributed by atoms with Crippen molar-refractivity contribution in [1.82, 2.24) is 0 Å². The summed E-state index contributed by atoms with van der Waals surface area (Å²) in [5, 5.41) is 2.89. The van der Waals surface area contributed by atoms with Gasteiger partial charge in [-0.2, -0.15) is 0 Å². The Kier molecular flexibility index (Phi) is 2.78. The monoisotopic (exact) mass is 244 g/mol. The van der Waals surface area contributed by atoms with E-state index in [1.807, 2.05) is 24.3 Å². The molecule has 1 N–H and O–H groups in total. The zero-order valence-corrected chi connectivity index (χ0v) is 10.2. The zero-order valence-electron chi connectivity index (χ0n) is 10.2. The van der Waals surface area contributed by atoms with Crippen LogP contribution in [-0.2, 0) is 9.59 Å². The Hall–Kier alpha value is -1.84. The van der Waals surface area contributed by atoms with Crippen LogP contribution in [0.3, 0.4) is 0 Å². The van der Waals surface area contributed by atoms with Gasteiger partial charge in [0.1, 0.15) is 0 Å². The minimum Gasteiger partial charge on any atom is -0.326 e. The van der Waals surface area contributed by atoms with Crippen LogP contribution in [0.5, 0.6) is 0 Å². The van der Waals surface area contributed by atoms with Crippen molar-refractivity contribution in [1.29, 1.82) is 0 Å². The topological polar surface area (TPSA) is 49.4 Å². The Balaban J connectivity index is 1.68. The number of anilines is 2. The first-order valence-electron chi connectivity index (χ1n) is 6.45. The van der Waals surface area contributed by atoms with Crippen LogP contribution < -0.4 is 10.2 Å². The molecule has 0 unspecified atom stereocenters. The van der Waals surface area contributed by atoms with Crippen molar-refractivity contribution in [3.8, 4) is 0 Å². The number of hydrogen-bond donors (Lipinski definition) is 1. The first kappa shape index (κ1) is 11.3. The van der Waals surface area contributed by atoms with Gasteiger partial charge in [-0.3, -0.25) is 9.59 Å². The number of rotatable bonds is 3. The van der Waals surface area contributed by atoms with Crippen molar-refractivity contribution >= 4 is 23.2 Å². The lowest BCUT2D eigenvalue weighted by Gasteiger charge is -2.16. The summed E-state index contributed by atoms with van der Waals surface area (Å²) < 4.78 is 0. The number of amides is 2. The van der Waals surface area contributed by atoms with Gasteiger partial charge >= 0.3 is 0 Å². The molecule has 2 aliphatic rings. The van der Waals surface area contributed by atoms with Gasteiger partial charge in [0.05, 0.1) is 0 Å². The Morgan fingerprint density at radius 3 is 2.50 bits per heavy atom. The lowest BCUT2D eigenvalue weighted by Crippen LogP contribution is -2.23. The highest BCUT2D eigenvalue weighted by Gasteiger charge is 2.29. The summed E-state index contributed by atoms with van der Waals surface area (Å²) in [5.74, 6) is 0.509. The molecule has 0 bridgehead atoms. The van der Waals surface area contributed by atoms with E-state index in [2.05, 4.69) is 5.32 Å². The van der Waals surface area contributed by atoms with Gasteiger partial charge in [0.25, 0.3) is 0 Å². The molecule has 1 aromatic rings. The molecule has 1 saturated carbocycles. The Morgan fingerprint density at radius 2 is 1.94 bits per heavy atom. The number of hydrogen-bond acceptors (Lipinski definition) is 2. The minimum absolute atomic E-state index is 0.111. The summed E-state index contributed by atoms with van der Waals surface area (Å²) in [7, 11) is 0. The highest BCUT2D eigenvalue weighted by atomic mass is 16.2. The molecule has 94 valence electrons. The van der Waals surface area contributed by atoms with E-state index in [1.165, 1.54) is 0 Å². The largest absolute Gasteiger partial charge is 0.326 e. The Labute approximate surface area is 106 Å². The molecule has 1 aliphatic carbocycles. The standard InChI is InChI=1S/C14H16N2O2/c17-13-2-1-9-16(13)12-7-5-11(6-8-12)15-14(18)10-3-4-10/h5-8,10H,1-4,9H2,(H,15,18). The molecule has 1 heterocycles. The molecule has 1 saturated heterocycles. The van der Waals surface area contributed by atoms with E-state index in [0.717, 1.165) is 37.2 Å².